The number of fused-ring (bicyclic) bond motifs is 1. The van der Waals surface area contributed by atoms with Crippen LogP contribution >= 0.6 is 23.1 Å². The molecule has 2 aromatic rings. The SMILES string of the molecule is Cc1sc2nc(SC(C)C(=O)N3CCC(C)CC3)n(CC(C)C)c(=O)c2c1C. The molecule has 3 rings (SSSR count). The van der Waals surface area contributed by atoms with Crippen LogP contribution in [0.25, 0.3) is 10.2 Å². The predicted molar refractivity (Wildman–Crippen MR) is 118 cm³/mol. The van der Waals surface area contributed by atoms with Gasteiger partial charge < -0.3 is 4.90 Å². The molecular weight excluding hydrogens is 390 g/mol. The van der Waals surface area contributed by atoms with E-state index in [2.05, 4.69) is 20.8 Å². The van der Waals surface area contributed by atoms with E-state index < -0.39 is 0 Å². The van der Waals surface area contributed by atoms with Crippen LogP contribution in [0.4, 0.5) is 0 Å². The number of hydrogen-bond acceptors (Lipinski definition) is 5. The molecule has 1 fully saturated rings. The van der Waals surface area contributed by atoms with Crippen molar-refractivity contribution in [1.29, 1.82) is 0 Å². The Hall–Kier alpha value is -1.34. The molecule has 28 heavy (non-hydrogen) atoms. The molecule has 3 heterocycles. The molecule has 0 bridgehead atoms. The normalized spacial score (nSPS) is 16.9. The maximum absolute atomic E-state index is 13.2. The molecule has 1 aliphatic heterocycles. The second-order valence-electron chi connectivity index (χ2n) is 8.44. The first-order chi connectivity index (χ1) is 13.2. The summed E-state index contributed by atoms with van der Waals surface area (Å²) in [5.41, 5.74) is 1.05. The zero-order valence-corrected chi connectivity index (χ0v) is 19.4. The summed E-state index contributed by atoms with van der Waals surface area (Å²) in [6.07, 6.45) is 2.14. The Labute approximate surface area is 175 Å². The highest BCUT2D eigenvalue weighted by atomic mass is 32.2. The number of aromatic nitrogens is 2. The van der Waals surface area contributed by atoms with Crippen LogP contribution in [0, 0.1) is 25.7 Å². The number of rotatable bonds is 5. The zero-order chi connectivity index (χ0) is 20.6. The number of carbonyl (C=O) groups is 1. The lowest BCUT2D eigenvalue weighted by Gasteiger charge is -2.32. The Morgan fingerprint density at radius 3 is 2.50 bits per heavy atom. The lowest BCUT2D eigenvalue weighted by atomic mass is 9.99. The van der Waals surface area contributed by atoms with Gasteiger partial charge in [-0.1, -0.05) is 32.5 Å². The molecule has 1 aliphatic rings. The third-order valence-electron chi connectivity index (χ3n) is 5.53. The fraction of sp³-hybridized carbons (Fsp3) is 0.667. The zero-order valence-electron chi connectivity index (χ0n) is 17.7. The number of likely N-dealkylation sites (tertiary alicyclic amines) is 1. The smallest absolute Gasteiger partial charge is 0.263 e. The molecule has 5 nitrogen and oxygen atoms in total. The summed E-state index contributed by atoms with van der Waals surface area (Å²) in [5.74, 6) is 1.17. The molecule has 1 saturated heterocycles. The molecule has 2 aromatic heterocycles. The van der Waals surface area contributed by atoms with Gasteiger partial charge in [-0.2, -0.15) is 0 Å². The maximum Gasteiger partial charge on any atom is 0.263 e. The van der Waals surface area contributed by atoms with Gasteiger partial charge in [0.15, 0.2) is 5.16 Å². The Kier molecular flexibility index (Phi) is 6.54. The molecule has 1 unspecified atom stereocenters. The Morgan fingerprint density at radius 2 is 1.89 bits per heavy atom. The van der Waals surface area contributed by atoms with E-state index in [1.165, 1.54) is 11.8 Å². The molecule has 0 spiro atoms. The highest BCUT2D eigenvalue weighted by molar-refractivity contribution is 8.00. The van der Waals surface area contributed by atoms with Crippen molar-refractivity contribution in [2.75, 3.05) is 13.1 Å². The highest BCUT2D eigenvalue weighted by Gasteiger charge is 2.27. The van der Waals surface area contributed by atoms with E-state index >= 15 is 0 Å². The molecule has 0 aromatic carbocycles. The first kappa shape index (κ1) is 21.4. The fourth-order valence-corrected chi connectivity index (χ4v) is 5.69. The topological polar surface area (TPSA) is 55.2 Å². The lowest BCUT2D eigenvalue weighted by Crippen LogP contribution is -2.42. The largest absolute Gasteiger partial charge is 0.342 e. The summed E-state index contributed by atoms with van der Waals surface area (Å²) in [6, 6.07) is 0. The number of thiophene rings is 1. The monoisotopic (exact) mass is 421 g/mol. The van der Waals surface area contributed by atoms with Gasteiger partial charge >= 0.3 is 0 Å². The fourth-order valence-electron chi connectivity index (χ4n) is 3.62. The third-order valence-corrected chi connectivity index (χ3v) is 7.71. The van der Waals surface area contributed by atoms with E-state index in [1.807, 2.05) is 25.7 Å². The van der Waals surface area contributed by atoms with E-state index in [0.717, 1.165) is 46.6 Å². The summed E-state index contributed by atoms with van der Waals surface area (Å²) in [5, 5.41) is 1.15. The Balaban J connectivity index is 1.92. The summed E-state index contributed by atoms with van der Waals surface area (Å²) in [4.78, 5) is 34.9. The van der Waals surface area contributed by atoms with E-state index in [-0.39, 0.29) is 16.7 Å². The number of thioether (sulfide) groups is 1. The molecule has 0 N–H and O–H groups in total. The second kappa shape index (κ2) is 8.57. The number of nitrogens with zero attached hydrogens (tertiary/aromatic N) is 3. The summed E-state index contributed by atoms with van der Waals surface area (Å²) >= 11 is 2.99. The van der Waals surface area contributed by atoms with E-state index in [4.69, 9.17) is 4.98 Å². The summed E-state index contributed by atoms with van der Waals surface area (Å²) < 4.78 is 1.78. The molecule has 1 amide bonds. The molecule has 1 atom stereocenters. The van der Waals surface area contributed by atoms with E-state index in [1.54, 1.807) is 15.9 Å². The van der Waals surface area contributed by atoms with Gasteiger partial charge in [-0.05, 0) is 51.0 Å². The standard InChI is InChI=1S/C21H31N3O2S2/c1-12(2)11-24-20(26)17-14(4)15(5)27-18(17)22-21(24)28-16(6)19(25)23-9-7-13(3)8-10-23/h12-13,16H,7-11H2,1-6H3. The minimum absolute atomic E-state index is 0.0227. The number of amides is 1. The van der Waals surface area contributed by atoms with E-state index in [0.29, 0.717) is 23.5 Å². The van der Waals surface area contributed by atoms with Crippen molar-refractivity contribution in [3.05, 3.63) is 20.8 Å². The van der Waals surface area contributed by atoms with Gasteiger partial charge in [0, 0.05) is 24.5 Å². The van der Waals surface area contributed by atoms with Crippen LogP contribution in [0.2, 0.25) is 0 Å². The Bertz CT molecular complexity index is 924. The number of carbonyl (C=O) groups excluding carboxylic acids is 1. The van der Waals surface area contributed by atoms with Crippen LogP contribution < -0.4 is 5.56 Å². The number of aryl methyl sites for hydroxylation is 2. The summed E-state index contributed by atoms with van der Waals surface area (Å²) in [7, 11) is 0. The summed E-state index contributed by atoms with van der Waals surface area (Å²) in [6.45, 7) is 14.7. The van der Waals surface area contributed by atoms with Crippen LogP contribution in [0.1, 0.15) is 51.0 Å². The van der Waals surface area contributed by atoms with Crippen LogP contribution in [0.15, 0.2) is 9.95 Å². The predicted octanol–water partition coefficient (Wildman–Crippen LogP) is 4.47. The maximum atomic E-state index is 13.2. The Morgan fingerprint density at radius 1 is 1.25 bits per heavy atom. The minimum Gasteiger partial charge on any atom is -0.342 e. The van der Waals surface area contributed by atoms with Gasteiger partial charge in [0.1, 0.15) is 4.83 Å². The molecule has 7 heteroatoms. The number of hydrogen-bond donors (Lipinski definition) is 0. The quantitative estimate of drug-likeness (QED) is 0.528. The van der Waals surface area contributed by atoms with Crippen molar-refractivity contribution in [3.63, 3.8) is 0 Å². The third kappa shape index (κ3) is 4.30. The van der Waals surface area contributed by atoms with Gasteiger partial charge in [-0.25, -0.2) is 4.98 Å². The highest BCUT2D eigenvalue weighted by Crippen LogP contribution is 2.31. The number of piperidine rings is 1. The van der Waals surface area contributed by atoms with Crippen molar-refractivity contribution in [3.8, 4) is 0 Å². The molecule has 0 radical (unpaired) electrons. The van der Waals surface area contributed by atoms with E-state index in [9.17, 15) is 9.59 Å². The van der Waals surface area contributed by atoms with Gasteiger partial charge in [-0.3, -0.25) is 14.2 Å². The van der Waals surface area contributed by atoms with Crippen molar-refractivity contribution < 1.29 is 4.79 Å². The van der Waals surface area contributed by atoms with Gasteiger partial charge in [0.05, 0.1) is 10.6 Å². The van der Waals surface area contributed by atoms with Crippen LogP contribution in [-0.4, -0.2) is 38.7 Å². The average molecular weight is 422 g/mol. The second-order valence-corrected chi connectivity index (χ2v) is 10.9. The lowest BCUT2D eigenvalue weighted by molar-refractivity contribution is -0.131. The van der Waals surface area contributed by atoms with Crippen molar-refractivity contribution >= 4 is 39.2 Å². The first-order valence-electron chi connectivity index (χ1n) is 10.1. The molecule has 0 aliphatic carbocycles. The molecule has 154 valence electrons. The van der Waals surface area contributed by atoms with Crippen LogP contribution in [0.3, 0.4) is 0 Å². The van der Waals surface area contributed by atoms with Crippen molar-refractivity contribution in [1.82, 2.24) is 14.5 Å². The molecule has 0 saturated carbocycles. The van der Waals surface area contributed by atoms with Crippen LogP contribution in [-0.2, 0) is 11.3 Å². The van der Waals surface area contributed by atoms with Gasteiger partial charge in [0.25, 0.3) is 5.56 Å². The average Bonchev–Trinajstić information content (AvgIpc) is 2.92. The minimum atomic E-state index is -0.252. The molecular formula is C21H31N3O2S2. The van der Waals surface area contributed by atoms with Crippen molar-refractivity contribution in [2.24, 2.45) is 11.8 Å². The van der Waals surface area contributed by atoms with Crippen LogP contribution in [0.5, 0.6) is 0 Å². The van der Waals surface area contributed by atoms with Crippen molar-refractivity contribution in [2.45, 2.75) is 71.3 Å². The first-order valence-corrected chi connectivity index (χ1v) is 11.8. The van der Waals surface area contributed by atoms with Gasteiger partial charge in [-0.15, -0.1) is 11.3 Å². The van der Waals surface area contributed by atoms with Gasteiger partial charge in [0.2, 0.25) is 5.91 Å².